The number of carbonyl (C=O) groups is 2. The second-order valence-corrected chi connectivity index (χ2v) is 7.19. The summed E-state index contributed by atoms with van der Waals surface area (Å²) in [6, 6.07) is 3.92. The highest BCUT2D eigenvalue weighted by molar-refractivity contribution is 6.30. The second-order valence-electron chi connectivity index (χ2n) is 6.79. The Hall–Kier alpha value is -2.57. The van der Waals surface area contributed by atoms with Gasteiger partial charge in [-0.3, -0.25) is 0 Å². The van der Waals surface area contributed by atoms with Gasteiger partial charge < -0.3 is 19.6 Å². The van der Waals surface area contributed by atoms with Crippen LogP contribution in [0.5, 0.6) is 0 Å². The summed E-state index contributed by atoms with van der Waals surface area (Å²) in [5, 5.41) is 18.5. The van der Waals surface area contributed by atoms with E-state index in [-0.39, 0.29) is 31.3 Å². The molecule has 0 aromatic heterocycles. The van der Waals surface area contributed by atoms with Crippen molar-refractivity contribution in [2.75, 3.05) is 39.3 Å². The fourth-order valence-electron chi connectivity index (χ4n) is 3.61. The van der Waals surface area contributed by atoms with Crippen LogP contribution in [0.3, 0.4) is 0 Å². The van der Waals surface area contributed by atoms with Crippen LogP contribution < -0.4 is 0 Å². The maximum atomic E-state index is 14.0. The molecule has 10 heteroatoms. The van der Waals surface area contributed by atoms with Gasteiger partial charge in [-0.2, -0.15) is 5.26 Å². The predicted octanol–water partition coefficient (Wildman–Crippen LogP) is 2.76. The Balaban J connectivity index is 1.88. The third-order valence-electron chi connectivity index (χ3n) is 4.97. The third-order valence-corrected chi connectivity index (χ3v) is 5.28. The molecule has 2 aliphatic heterocycles. The first-order valence-corrected chi connectivity index (χ1v) is 9.29. The average Bonchev–Trinajstić information content (AvgIpc) is 2.88. The Morgan fingerprint density at radius 1 is 1.39 bits per heavy atom. The number of benzene rings is 1. The number of urea groups is 1. The summed E-state index contributed by atoms with van der Waals surface area (Å²) in [5.74, 6) is -1.02. The van der Waals surface area contributed by atoms with E-state index in [0.717, 1.165) is 4.90 Å². The van der Waals surface area contributed by atoms with E-state index >= 15 is 0 Å². The van der Waals surface area contributed by atoms with Gasteiger partial charge in [-0.15, -0.1) is 0 Å². The van der Waals surface area contributed by atoms with Gasteiger partial charge in [0.05, 0.1) is 17.7 Å². The third kappa shape index (κ3) is 4.29. The minimum Gasteiger partial charge on any atom is -0.465 e. The molecular formula is C18H20ClFN4O4. The number of nitriles is 1. The number of carbonyl (C=O) groups excluding carboxylic acids is 1. The molecule has 3 rings (SSSR count). The predicted molar refractivity (Wildman–Crippen MR) is 97.1 cm³/mol. The van der Waals surface area contributed by atoms with Crippen molar-refractivity contribution in [2.24, 2.45) is 5.92 Å². The van der Waals surface area contributed by atoms with Crippen molar-refractivity contribution in [1.82, 2.24) is 14.7 Å². The number of rotatable bonds is 3. The molecule has 0 unspecified atom stereocenters. The molecule has 0 spiro atoms. The highest BCUT2D eigenvalue weighted by Crippen LogP contribution is 2.32. The SMILES string of the molecule is N#CN1CCCN(C[C@@H]2CN(C(=O)O)CCO[C@H]2c2ccc(Cl)c(F)c2)C1=O. The lowest BCUT2D eigenvalue weighted by molar-refractivity contribution is 0.0189. The molecule has 3 amide bonds. The highest BCUT2D eigenvalue weighted by atomic mass is 35.5. The number of hydrogen-bond donors (Lipinski definition) is 1. The second kappa shape index (κ2) is 8.63. The fraction of sp³-hybridized carbons (Fsp3) is 0.500. The molecule has 0 bridgehead atoms. The van der Waals surface area contributed by atoms with E-state index in [2.05, 4.69) is 0 Å². The molecule has 0 aliphatic carbocycles. The van der Waals surface area contributed by atoms with Crippen LogP contribution in [-0.4, -0.2) is 71.3 Å². The Morgan fingerprint density at radius 3 is 2.86 bits per heavy atom. The zero-order valence-electron chi connectivity index (χ0n) is 15.1. The van der Waals surface area contributed by atoms with Gasteiger partial charge in [0, 0.05) is 38.6 Å². The van der Waals surface area contributed by atoms with Crippen molar-refractivity contribution in [1.29, 1.82) is 5.26 Å². The van der Waals surface area contributed by atoms with Crippen molar-refractivity contribution in [3.05, 3.63) is 34.6 Å². The van der Waals surface area contributed by atoms with Gasteiger partial charge in [0.2, 0.25) is 0 Å². The first kappa shape index (κ1) is 20.2. The maximum Gasteiger partial charge on any atom is 0.407 e. The smallest absolute Gasteiger partial charge is 0.407 e. The number of halogens is 2. The summed E-state index contributed by atoms with van der Waals surface area (Å²) >= 11 is 5.77. The monoisotopic (exact) mass is 410 g/mol. The van der Waals surface area contributed by atoms with Gasteiger partial charge in [0.1, 0.15) is 5.82 Å². The normalized spacial score (nSPS) is 23.3. The summed E-state index contributed by atoms with van der Waals surface area (Å²) in [6.07, 6.45) is 0.801. The molecule has 8 nitrogen and oxygen atoms in total. The summed E-state index contributed by atoms with van der Waals surface area (Å²) < 4.78 is 19.9. The Bertz CT molecular complexity index is 802. The van der Waals surface area contributed by atoms with Crippen LogP contribution >= 0.6 is 11.6 Å². The van der Waals surface area contributed by atoms with Crippen LogP contribution in [0.15, 0.2) is 18.2 Å². The van der Waals surface area contributed by atoms with Gasteiger partial charge in [-0.25, -0.2) is 18.9 Å². The first-order valence-electron chi connectivity index (χ1n) is 8.91. The van der Waals surface area contributed by atoms with E-state index in [1.807, 2.05) is 6.19 Å². The van der Waals surface area contributed by atoms with Gasteiger partial charge in [0.15, 0.2) is 6.19 Å². The molecule has 28 heavy (non-hydrogen) atoms. The first-order chi connectivity index (χ1) is 13.4. The number of hydrogen-bond acceptors (Lipinski definition) is 4. The van der Waals surface area contributed by atoms with Gasteiger partial charge in [-0.1, -0.05) is 17.7 Å². The molecule has 2 fully saturated rings. The van der Waals surface area contributed by atoms with E-state index in [9.17, 15) is 19.1 Å². The van der Waals surface area contributed by atoms with E-state index in [1.165, 1.54) is 21.9 Å². The van der Waals surface area contributed by atoms with Crippen molar-refractivity contribution < 1.29 is 23.8 Å². The lowest BCUT2D eigenvalue weighted by Crippen LogP contribution is -2.50. The van der Waals surface area contributed by atoms with Crippen molar-refractivity contribution in [3.63, 3.8) is 0 Å². The lowest BCUT2D eigenvalue weighted by Gasteiger charge is -2.36. The molecule has 2 saturated heterocycles. The molecule has 1 aromatic rings. The van der Waals surface area contributed by atoms with E-state index < -0.39 is 30.0 Å². The summed E-state index contributed by atoms with van der Waals surface area (Å²) in [5.41, 5.74) is 0.528. The zero-order valence-corrected chi connectivity index (χ0v) is 15.8. The van der Waals surface area contributed by atoms with Gasteiger partial charge in [0.25, 0.3) is 0 Å². The van der Waals surface area contributed by atoms with E-state index in [1.54, 1.807) is 6.07 Å². The fourth-order valence-corrected chi connectivity index (χ4v) is 3.73. The quantitative estimate of drug-likeness (QED) is 0.773. The van der Waals surface area contributed by atoms with E-state index in [4.69, 9.17) is 21.6 Å². The molecule has 0 radical (unpaired) electrons. The molecule has 1 N–H and O–H groups in total. The highest BCUT2D eigenvalue weighted by Gasteiger charge is 2.35. The van der Waals surface area contributed by atoms with Crippen LogP contribution in [0.2, 0.25) is 5.02 Å². The molecule has 150 valence electrons. The van der Waals surface area contributed by atoms with Gasteiger partial charge in [-0.05, 0) is 24.1 Å². The molecule has 2 heterocycles. The molecule has 0 saturated carbocycles. The topological polar surface area (TPSA) is 97.1 Å². The van der Waals surface area contributed by atoms with E-state index in [0.29, 0.717) is 25.1 Å². The molecule has 2 atom stereocenters. The number of amides is 3. The van der Waals surface area contributed by atoms with Crippen LogP contribution in [0.1, 0.15) is 18.1 Å². The zero-order chi connectivity index (χ0) is 20.3. The summed E-state index contributed by atoms with van der Waals surface area (Å²) in [4.78, 5) is 27.8. The van der Waals surface area contributed by atoms with Crippen molar-refractivity contribution >= 4 is 23.7 Å². The minimum absolute atomic E-state index is 0.0167. The standard InChI is InChI=1S/C18H20ClFN4O4/c19-14-3-2-12(8-15(14)20)16-13(10-23(18(26)27)6-7-28-16)9-22-4-1-5-24(11-21)17(22)25/h2-3,8,13,16H,1,4-7,9-10H2,(H,26,27)/t13-,16+/m1/s1. The maximum absolute atomic E-state index is 14.0. The van der Waals surface area contributed by atoms with Crippen LogP contribution in [0.4, 0.5) is 14.0 Å². The van der Waals surface area contributed by atoms with Crippen LogP contribution in [0.25, 0.3) is 0 Å². The molecular weight excluding hydrogens is 391 g/mol. The Kier molecular flexibility index (Phi) is 6.21. The van der Waals surface area contributed by atoms with Crippen LogP contribution in [0, 0.1) is 23.2 Å². The number of ether oxygens (including phenoxy) is 1. The largest absolute Gasteiger partial charge is 0.465 e. The summed E-state index contributed by atoms with van der Waals surface area (Å²) in [7, 11) is 0. The van der Waals surface area contributed by atoms with Crippen molar-refractivity contribution in [2.45, 2.75) is 12.5 Å². The average molecular weight is 411 g/mol. The van der Waals surface area contributed by atoms with Gasteiger partial charge >= 0.3 is 12.1 Å². The Morgan fingerprint density at radius 2 is 2.18 bits per heavy atom. The molecule has 1 aromatic carbocycles. The number of nitrogens with zero attached hydrogens (tertiary/aromatic N) is 4. The summed E-state index contributed by atoms with van der Waals surface area (Å²) in [6.45, 7) is 1.46. The minimum atomic E-state index is -1.08. The Labute approximate surface area is 166 Å². The lowest BCUT2D eigenvalue weighted by atomic mass is 9.94. The number of carboxylic acid groups (broad SMARTS) is 1. The van der Waals surface area contributed by atoms with Crippen LogP contribution in [-0.2, 0) is 4.74 Å². The van der Waals surface area contributed by atoms with Crippen molar-refractivity contribution in [3.8, 4) is 6.19 Å². The molecule has 2 aliphatic rings.